The van der Waals surface area contributed by atoms with E-state index in [1.54, 1.807) is 0 Å². The summed E-state index contributed by atoms with van der Waals surface area (Å²) < 4.78 is 23.4. The molecule has 20 N–H and O–H groups in total. The maximum atomic E-state index is 14.9. The molecule has 0 aromatic carbocycles. The van der Waals surface area contributed by atoms with Gasteiger partial charge in [0.05, 0.1) is 31.8 Å². The van der Waals surface area contributed by atoms with Crippen LogP contribution < -0.4 is 49.5 Å². The summed E-state index contributed by atoms with van der Waals surface area (Å²) in [6, 6.07) is -11.8. The molecule has 0 radical (unpaired) electrons. The highest BCUT2D eigenvalue weighted by Crippen LogP contribution is 2.31. The number of hydrogen-bond acceptors (Lipinski definition) is 21. The Morgan fingerprint density at radius 1 is 0.724 bits per heavy atom. The number of likely N-dealkylation sites (tertiary alicyclic amines) is 2. The van der Waals surface area contributed by atoms with Crippen molar-refractivity contribution in [2.45, 2.75) is 182 Å². The number of rotatable bonds is 25. The number of carbonyl (C=O) groups excluding carboxylic acids is 8. The first-order chi connectivity index (χ1) is 35.7. The number of guanidine groups is 1. The van der Waals surface area contributed by atoms with Crippen molar-refractivity contribution < 1.29 is 97.8 Å². The van der Waals surface area contributed by atoms with E-state index in [2.05, 4.69) is 31.6 Å². The van der Waals surface area contributed by atoms with Gasteiger partial charge in [-0.25, -0.2) is 0 Å². The van der Waals surface area contributed by atoms with E-state index >= 15 is 0 Å². The van der Waals surface area contributed by atoms with Crippen molar-refractivity contribution >= 4 is 59.2 Å². The van der Waals surface area contributed by atoms with Crippen LogP contribution in [0.3, 0.4) is 0 Å². The number of nitrogens with two attached hydrogens (primary N) is 4. The van der Waals surface area contributed by atoms with E-state index in [0.29, 0.717) is 12.8 Å². The van der Waals surface area contributed by atoms with Crippen molar-refractivity contribution in [3.63, 3.8) is 0 Å². The van der Waals surface area contributed by atoms with E-state index < -0.39 is 183 Å². The Morgan fingerprint density at radius 2 is 1.29 bits per heavy atom. The third kappa shape index (κ3) is 16.3. The van der Waals surface area contributed by atoms with E-state index in [4.69, 9.17) is 41.9 Å². The SMILES string of the molecule is CC(=O)N[C@H]1[C@@H](O[C@H](C)[C@H](NC(=O)[C@H](CC(=O)O)NC(=O)[C@@H]2CCCN2C(=O)[C@H](C)N)C(=O)N[C@@H](CCCN=C(N)N)C(=O)N2CCC[C@H]2C(=O)N[C@@H](C)C(N)=O)O[C@H](CO)[C@H](O)[C@@H]1O[C@@H]1O[C@H](CO)[C@H](O)[C@H](O)[C@H]1O. The van der Waals surface area contributed by atoms with Crippen molar-refractivity contribution in [2.24, 2.45) is 27.9 Å². The summed E-state index contributed by atoms with van der Waals surface area (Å²) >= 11 is 0. The number of carboxylic acid groups (broad SMARTS) is 1. The van der Waals surface area contributed by atoms with Crippen LogP contribution in [-0.2, 0) is 62.1 Å². The molecule has 430 valence electrons. The van der Waals surface area contributed by atoms with Gasteiger partial charge in [0.15, 0.2) is 18.5 Å². The van der Waals surface area contributed by atoms with Gasteiger partial charge in [0.2, 0.25) is 47.3 Å². The van der Waals surface area contributed by atoms with E-state index in [9.17, 15) is 78.9 Å². The second-order valence-electron chi connectivity index (χ2n) is 19.0. The second kappa shape index (κ2) is 28.4. The molecule has 4 fully saturated rings. The molecule has 4 aliphatic heterocycles. The Kier molecular flexibility index (Phi) is 23.4. The Morgan fingerprint density at radius 3 is 1.83 bits per heavy atom. The molecule has 8 amide bonds. The van der Waals surface area contributed by atoms with Crippen molar-refractivity contribution in [1.82, 2.24) is 36.4 Å². The van der Waals surface area contributed by atoms with Crippen LogP contribution in [0, 0.1) is 0 Å². The summed E-state index contributed by atoms with van der Waals surface area (Å²) in [5.41, 5.74) is 22.1. The van der Waals surface area contributed by atoms with Crippen LogP contribution in [0.1, 0.15) is 72.6 Å². The lowest BCUT2D eigenvalue weighted by Gasteiger charge is -2.48. The van der Waals surface area contributed by atoms with Crippen LogP contribution in [0.5, 0.6) is 0 Å². The number of ether oxygens (including phenoxy) is 4. The zero-order valence-corrected chi connectivity index (χ0v) is 42.5. The first kappa shape index (κ1) is 62.6. The summed E-state index contributed by atoms with van der Waals surface area (Å²) in [6.07, 6.45) is -18.7. The molecule has 18 atom stereocenters. The van der Waals surface area contributed by atoms with E-state index in [0.717, 1.165) is 11.8 Å². The van der Waals surface area contributed by atoms with Gasteiger partial charge in [-0.05, 0) is 59.3 Å². The minimum Gasteiger partial charge on any atom is -0.481 e. The molecule has 0 unspecified atom stereocenters. The molecule has 4 saturated heterocycles. The zero-order valence-electron chi connectivity index (χ0n) is 42.5. The fourth-order valence-electron chi connectivity index (χ4n) is 9.13. The molecule has 76 heavy (non-hydrogen) atoms. The average molecular weight is 1090 g/mol. The number of nitrogens with one attached hydrogen (secondary N) is 5. The summed E-state index contributed by atoms with van der Waals surface area (Å²) in [5, 5.41) is 85.3. The summed E-state index contributed by atoms with van der Waals surface area (Å²) in [4.78, 5) is 127. The lowest BCUT2D eigenvalue weighted by atomic mass is 9.95. The van der Waals surface area contributed by atoms with Crippen LogP contribution in [0.2, 0.25) is 0 Å². The lowest BCUT2D eigenvalue weighted by molar-refractivity contribution is -0.347. The Labute approximate surface area is 435 Å². The highest BCUT2D eigenvalue weighted by molar-refractivity contribution is 5.98. The van der Waals surface area contributed by atoms with Crippen LogP contribution in [0.4, 0.5) is 0 Å². The number of hydrogen-bond donors (Lipinski definition) is 16. The normalized spacial score (nSPS) is 29.8. The predicted molar refractivity (Wildman–Crippen MR) is 256 cm³/mol. The average Bonchev–Trinajstić information content (AvgIpc) is 4.06. The monoisotopic (exact) mass is 1090 g/mol. The second-order valence-corrected chi connectivity index (χ2v) is 19.0. The molecule has 4 rings (SSSR count). The third-order valence-electron chi connectivity index (χ3n) is 13.2. The van der Waals surface area contributed by atoms with Crippen molar-refractivity contribution in [3.8, 4) is 0 Å². The Bertz CT molecular complexity index is 2100. The van der Waals surface area contributed by atoms with Gasteiger partial charge in [0.1, 0.15) is 85.0 Å². The van der Waals surface area contributed by atoms with Crippen molar-refractivity contribution in [1.29, 1.82) is 0 Å². The first-order valence-corrected chi connectivity index (χ1v) is 24.7. The van der Waals surface area contributed by atoms with E-state index in [-0.39, 0.29) is 51.3 Å². The molecule has 4 heterocycles. The number of carboxylic acids is 1. The standard InChI is InChI=1S/C44H74N12O20/c1-17(45)40(71)55-12-6-10-24(55)38(69)53-22(14-27(60)61)36(67)54-28(39(70)52-21(8-5-11-49-44(47)48)41(72)56-13-7-9-23(56)37(68)50-18(2)35(46)66)19(3)73-42-29(51-20(4)59)34(31(63)26(16-58)74-42)76-43-33(65)32(64)30(62)25(15-57)75-43/h17-19,21-26,28-34,42-43,57-58,62-65H,5-16,45H2,1-4H3,(H2,46,66)(H,50,68)(H,51,59)(H,52,70)(H,53,69)(H,54,67)(H,60,61)(H4,47,48,49)/t17-,18-,19+,21-,22-,23-,24-,25+,26+,28-,29+,30-,31-,32-,33+,34+,42-,43-/m0/s1. The van der Waals surface area contributed by atoms with Gasteiger partial charge >= 0.3 is 5.97 Å². The number of aliphatic imine (C=N–C) groups is 1. The van der Waals surface area contributed by atoms with Gasteiger partial charge < -0.3 is 114 Å². The molecule has 32 nitrogen and oxygen atoms in total. The molecular formula is C44H74N12O20. The summed E-state index contributed by atoms with van der Waals surface area (Å²) in [6.45, 7) is 3.11. The zero-order chi connectivity index (χ0) is 56.9. The molecule has 0 aromatic heterocycles. The molecule has 0 spiro atoms. The Balaban J connectivity index is 1.77. The maximum Gasteiger partial charge on any atom is 0.305 e. The predicted octanol–water partition coefficient (Wildman–Crippen LogP) is -9.54. The number of aliphatic carboxylic acids is 1. The van der Waals surface area contributed by atoms with E-state index in [1.165, 1.54) is 25.7 Å². The van der Waals surface area contributed by atoms with Gasteiger partial charge in [-0.15, -0.1) is 0 Å². The molecule has 0 aromatic rings. The lowest BCUT2D eigenvalue weighted by Crippen LogP contribution is -2.69. The quantitative estimate of drug-likeness (QED) is 0.0229. The topological polar surface area (TPSA) is 515 Å². The van der Waals surface area contributed by atoms with Gasteiger partial charge in [-0.1, -0.05) is 0 Å². The van der Waals surface area contributed by atoms with Crippen molar-refractivity contribution in [2.75, 3.05) is 32.8 Å². The van der Waals surface area contributed by atoms with Gasteiger partial charge in [0, 0.05) is 26.6 Å². The minimum atomic E-state index is -2.06. The van der Waals surface area contributed by atoms with Gasteiger partial charge in [-0.3, -0.25) is 48.1 Å². The van der Waals surface area contributed by atoms with Crippen LogP contribution in [-0.4, -0.2) is 247 Å². The fourth-order valence-corrected chi connectivity index (χ4v) is 9.13. The fraction of sp³-hybridized carbons (Fsp3) is 0.773. The van der Waals surface area contributed by atoms with Gasteiger partial charge in [0.25, 0.3) is 0 Å². The number of primary amides is 1. The molecular weight excluding hydrogens is 1020 g/mol. The van der Waals surface area contributed by atoms with Crippen LogP contribution >= 0.6 is 0 Å². The van der Waals surface area contributed by atoms with Crippen LogP contribution in [0.25, 0.3) is 0 Å². The highest BCUT2D eigenvalue weighted by atomic mass is 16.7. The number of amides is 8. The highest BCUT2D eigenvalue weighted by Gasteiger charge is 2.53. The third-order valence-corrected chi connectivity index (χ3v) is 13.2. The largest absolute Gasteiger partial charge is 0.481 e. The number of carbonyl (C=O) groups is 9. The molecule has 0 bridgehead atoms. The number of nitrogens with zero attached hydrogens (tertiary/aromatic N) is 3. The summed E-state index contributed by atoms with van der Waals surface area (Å²) in [7, 11) is 0. The molecule has 0 saturated carbocycles. The maximum absolute atomic E-state index is 14.9. The van der Waals surface area contributed by atoms with Crippen molar-refractivity contribution in [3.05, 3.63) is 0 Å². The van der Waals surface area contributed by atoms with E-state index in [1.807, 2.05) is 0 Å². The number of aliphatic hydroxyl groups is 6. The first-order valence-electron chi connectivity index (χ1n) is 24.7. The number of aliphatic hydroxyl groups excluding tert-OH is 6. The smallest absolute Gasteiger partial charge is 0.305 e. The van der Waals surface area contributed by atoms with Gasteiger partial charge in [-0.2, -0.15) is 0 Å². The Hall–Kier alpha value is -5.94. The molecule has 4 aliphatic rings. The minimum absolute atomic E-state index is 0.000390. The molecule has 0 aliphatic carbocycles. The van der Waals surface area contributed by atoms with Crippen LogP contribution in [0.15, 0.2) is 4.99 Å². The molecule has 32 heteroatoms. The summed E-state index contributed by atoms with van der Waals surface area (Å²) in [5.74, 6) is -9.23.